The zero-order valence-electron chi connectivity index (χ0n) is 14.5. The van der Waals surface area contributed by atoms with Gasteiger partial charge in [-0.15, -0.1) is 0 Å². The molecule has 0 aromatic heterocycles. The fraction of sp³-hybridized carbons (Fsp3) is 0.316. The lowest BCUT2D eigenvalue weighted by Gasteiger charge is -2.38. The molecule has 2 amide bonds. The number of aliphatic imine (C=N–C) groups is 1. The maximum absolute atomic E-state index is 13.6. The second kappa shape index (κ2) is 9.05. The minimum absolute atomic E-state index is 0.110. The molecule has 1 saturated heterocycles. The predicted molar refractivity (Wildman–Crippen MR) is 98.7 cm³/mol. The van der Waals surface area contributed by atoms with E-state index >= 15 is 0 Å². The number of hydrogen-bond acceptors (Lipinski definition) is 4. The Labute approximate surface area is 152 Å². The zero-order chi connectivity index (χ0) is 19.1. The van der Waals surface area contributed by atoms with Gasteiger partial charge in [0.1, 0.15) is 11.6 Å². The molecule has 1 aromatic carbocycles. The summed E-state index contributed by atoms with van der Waals surface area (Å²) in [6, 6.07) is 5.90. The molecule has 7 heteroatoms. The van der Waals surface area contributed by atoms with E-state index in [0.717, 1.165) is 0 Å². The summed E-state index contributed by atoms with van der Waals surface area (Å²) in [6.07, 6.45) is 3.43. The van der Waals surface area contributed by atoms with Crippen LogP contribution < -0.4 is 11.1 Å². The van der Waals surface area contributed by atoms with Crippen molar-refractivity contribution in [3.63, 3.8) is 0 Å². The Hall–Kier alpha value is -2.80. The zero-order valence-corrected chi connectivity index (χ0v) is 14.5. The molecule has 2 rings (SSSR count). The van der Waals surface area contributed by atoms with Crippen LogP contribution in [0.5, 0.6) is 0 Å². The number of allylic oxidation sites excluding steroid dienone is 2. The van der Waals surface area contributed by atoms with Crippen molar-refractivity contribution in [1.82, 2.24) is 10.2 Å². The number of benzene rings is 1. The highest BCUT2D eigenvalue weighted by Gasteiger charge is 2.36. The number of likely N-dealkylation sites (tertiary alicyclic amines) is 1. The van der Waals surface area contributed by atoms with Crippen molar-refractivity contribution in [2.75, 3.05) is 13.1 Å². The molecule has 1 unspecified atom stereocenters. The summed E-state index contributed by atoms with van der Waals surface area (Å²) >= 11 is 0. The Morgan fingerprint density at radius 3 is 2.73 bits per heavy atom. The van der Waals surface area contributed by atoms with Crippen LogP contribution in [0.4, 0.5) is 4.39 Å². The number of halogens is 1. The Kier molecular flexibility index (Phi) is 6.80. The molecule has 0 radical (unpaired) electrons. The summed E-state index contributed by atoms with van der Waals surface area (Å²) in [7, 11) is 0. The number of carbonyl (C=O) groups excluding carboxylic acids is 2. The van der Waals surface area contributed by atoms with Gasteiger partial charge in [-0.05, 0) is 30.8 Å². The van der Waals surface area contributed by atoms with E-state index in [1.807, 2.05) is 0 Å². The van der Waals surface area contributed by atoms with Crippen LogP contribution in [0.25, 0.3) is 0 Å². The van der Waals surface area contributed by atoms with Gasteiger partial charge >= 0.3 is 0 Å². The fourth-order valence-electron chi connectivity index (χ4n) is 2.69. The normalized spacial score (nSPS) is 15.8. The molecule has 1 heterocycles. The average Bonchev–Trinajstić information content (AvgIpc) is 2.55. The highest BCUT2D eigenvalue weighted by atomic mass is 19.1. The molecule has 0 spiro atoms. The molecule has 0 saturated carbocycles. The van der Waals surface area contributed by atoms with Gasteiger partial charge in [0.15, 0.2) is 0 Å². The lowest BCUT2D eigenvalue weighted by atomic mass is 9.97. The maximum Gasteiger partial charge on any atom is 0.232 e. The van der Waals surface area contributed by atoms with E-state index in [2.05, 4.69) is 23.6 Å². The number of hydrogen-bond donors (Lipinski definition) is 2. The molecule has 6 nitrogen and oxygen atoms in total. The largest absolute Gasteiger partial charge is 0.341 e. The first kappa shape index (κ1) is 19.5. The topological polar surface area (TPSA) is 87.8 Å². The Balaban J connectivity index is 1.78. The standard InChI is InChI=1S/C19H23FN4O2/c1-3-6-17(22-2)23-19(26)14-11-24(12-14)18(25)10-15(21)9-13-7-4-5-8-16(13)20/h3-8,14-15H,1-2,9-12,21H2,(H,23,26)/b17-6+. The predicted octanol–water partition coefficient (Wildman–Crippen LogP) is 1.39. The Morgan fingerprint density at radius 1 is 1.42 bits per heavy atom. The van der Waals surface area contributed by atoms with Gasteiger partial charge in [0.2, 0.25) is 11.8 Å². The summed E-state index contributed by atoms with van der Waals surface area (Å²) < 4.78 is 13.6. The number of nitrogens with two attached hydrogens (primary N) is 1. The van der Waals surface area contributed by atoms with E-state index in [4.69, 9.17) is 5.73 Å². The molecule has 1 aliphatic heterocycles. The quantitative estimate of drug-likeness (QED) is 0.544. The SMILES string of the molecule is C=C/C=C(\N=C)NC(=O)C1CN(C(=O)CC(N)Cc2ccccc2F)C1. The van der Waals surface area contributed by atoms with Gasteiger partial charge in [-0.2, -0.15) is 0 Å². The van der Waals surface area contributed by atoms with Crippen molar-refractivity contribution in [2.45, 2.75) is 18.9 Å². The molecule has 26 heavy (non-hydrogen) atoms. The Bertz CT molecular complexity index is 726. The van der Waals surface area contributed by atoms with E-state index < -0.39 is 6.04 Å². The molecule has 0 aliphatic carbocycles. The molecule has 138 valence electrons. The van der Waals surface area contributed by atoms with Crippen LogP contribution in [0, 0.1) is 11.7 Å². The third-order valence-electron chi connectivity index (χ3n) is 4.18. The number of rotatable bonds is 8. The number of nitrogens with zero attached hydrogens (tertiary/aromatic N) is 2. The van der Waals surface area contributed by atoms with Crippen LogP contribution in [-0.4, -0.2) is 42.6 Å². The average molecular weight is 358 g/mol. The van der Waals surface area contributed by atoms with Crippen LogP contribution in [0.3, 0.4) is 0 Å². The van der Waals surface area contributed by atoms with Gasteiger partial charge in [0, 0.05) is 25.6 Å². The van der Waals surface area contributed by atoms with Gasteiger partial charge < -0.3 is 16.0 Å². The summed E-state index contributed by atoms with van der Waals surface area (Å²) in [4.78, 5) is 29.5. The Morgan fingerprint density at radius 2 is 2.12 bits per heavy atom. The number of amides is 2. The summed E-state index contributed by atoms with van der Waals surface area (Å²) in [5, 5.41) is 2.63. The molecule has 3 N–H and O–H groups in total. The van der Waals surface area contributed by atoms with Crippen LogP contribution in [0.15, 0.2) is 53.8 Å². The first-order valence-corrected chi connectivity index (χ1v) is 8.31. The maximum atomic E-state index is 13.6. The fourth-order valence-corrected chi connectivity index (χ4v) is 2.69. The molecule has 1 aromatic rings. The molecule has 0 bridgehead atoms. The van der Waals surface area contributed by atoms with Crippen LogP contribution >= 0.6 is 0 Å². The highest BCUT2D eigenvalue weighted by molar-refractivity contribution is 5.85. The molecule has 1 atom stereocenters. The second-order valence-electron chi connectivity index (χ2n) is 6.19. The van der Waals surface area contributed by atoms with Crippen LogP contribution in [0.2, 0.25) is 0 Å². The first-order chi connectivity index (χ1) is 12.4. The third kappa shape index (κ3) is 5.10. The minimum atomic E-state index is -0.473. The monoisotopic (exact) mass is 358 g/mol. The highest BCUT2D eigenvalue weighted by Crippen LogP contribution is 2.18. The lowest BCUT2D eigenvalue weighted by molar-refractivity contribution is -0.142. The van der Waals surface area contributed by atoms with Crippen molar-refractivity contribution in [1.29, 1.82) is 0 Å². The number of nitrogens with one attached hydrogen (secondary N) is 1. The van der Waals surface area contributed by atoms with E-state index in [9.17, 15) is 14.0 Å². The number of carbonyl (C=O) groups is 2. The van der Waals surface area contributed by atoms with Crippen molar-refractivity contribution < 1.29 is 14.0 Å². The van der Waals surface area contributed by atoms with Gasteiger partial charge in [-0.1, -0.05) is 30.9 Å². The van der Waals surface area contributed by atoms with E-state index in [0.29, 0.717) is 24.5 Å². The van der Waals surface area contributed by atoms with E-state index in [1.54, 1.807) is 23.1 Å². The summed E-state index contributed by atoms with van der Waals surface area (Å²) in [5.41, 5.74) is 6.47. The molecule has 1 aliphatic rings. The van der Waals surface area contributed by atoms with Crippen LogP contribution in [0.1, 0.15) is 12.0 Å². The van der Waals surface area contributed by atoms with Crippen molar-refractivity contribution >= 4 is 18.5 Å². The van der Waals surface area contributed by atoms with Crippen molar-refractivity contribution in [3.8, 4) is 0 Å². The van der Waals surface area contributed by atoms with Gasteiger partial charge in [0.25, 0.3) is 0 Å². The van der Waals surface area contributed by atoms with Crippen molar-refractivity contribution in [2.24, 2.45) is 16.6 Å². The van der Waals surface area contributed by atoms with Crippen LogP contribution in [-0.2, 0) is 16.0 Å². The first-order valence-electron chi connectivity index (χ1n) is 8.31. The molecular formula is C19H23FN4O2. The molecular weight excluding hydrogens is 335 g/mol. The van der Waals surface area contributed by atoms with Crippen molar-refractivity contribution in [3.05, 3.63) is 60.2 Å². The summed E-state index contributed by atoms with van der Waals surface area (Å²) in [5.74, 6) is -0.652. The van der Waals surface area contributed by atoms with Gasteiger partial charge in [-0.3, -0.25) is 9.59 Å². The minimum Gasteiger partial charge on any atom is -0.341 e. The van der Waals surface area contributed by atoms with Gasteiger partial charge in [0.05, 0.1) is 5.92 Å². The second-order valence-corrected chi connectivity index (χ2v) is 6.19. The lowest BCUT2D eigenvalue weighted by Crippen LogP contribution is -2.56. The van der Waals surface area contributed by atoms with E-state index in [1.165, 1.54) is 18.2 Å². The van der Waals surface area contributed by atoms with E-state index in [-0.39, 0.29) is 36.4 Å². The summed E-state index contributed by atoms with van der Waals surface area (Å²) in [6.45, 7) is 7.55. The molecule has 1 fully saturated rings. The van der Waals surface area contributed by atoms with Gasteiger partial charge in [-0.25, -0.2) is 9.38 Å². The third-order valence-corrected chi connectivity index (χ3v) is 4.18. The smallest absolute Gasteiger partial charge is 0.232 e.